The molecule has 2 rings (SSSR count). The number of rotatable bonds is 4. The quantitative estimate of drug-likeness (QED) is 0.864. The van der Waals surface area contributed by atoms with Gasteiger partial charge in [-0.15, -0.1) is 0 Å². The summed E-state index contributed by atoms with van der Waals surface area (Å²) in [6.07, 6.45) is 2.14. The number of ether oxygens (including phenoxy) is 3. The average Bonchev–Trinajstić information content (AvgIpc) is 2.46. The first-order valence-electron chi connectivity index (χ1n) is 6.50. The number of nitrogens with one attached hydrogen (secondary N) is 1. The number of benzene rings is 1. The maximum atomic E-state index is 6.19. The van der Waals surface area contributed by atoms with Crippen LogP contribution in [0.25, 0.3) is 0 Å². The van der Waals surface area contributed by atoms with Gasteiger partial charge in [-0.25, -0.2) is 0 Å². The van der Waals surface area contributed by atoms with Gasteiger partial charge in [0.05, 0.1) is 21.3 Å². The van der Waals surface area contributed by atoms with Gasteiger partial charge in [-0.3, -0.25) is 0 Å². The van der Waals surface area contributed by atoms with E-state index >= 15 is 0 Å². The Morgan fingerprint density at radius 1 is 1.11 bits per heavy atom. The highest BCUT2D eigenvalue weighted by atomic mass is 16.5. The van der Waals surface area contributed by atoms with Crippen LogP contribution >= 0.6 is 0 Å². The Bertz CT molecular complexity index is 412. The van der Waals surface area contributed by atoms with Crippen LogP contribution in [-0.4, -0.2) is 33.9 Å². The smallest absolute Gasteiger partial charge is 0.203 e. The van der Waals surface area contributed by atoms with Crippen LogP contribution in [0.1, 0.15) is 24.4 Å². The van der Waals surface area contributed by atoms with Crippen LogP contribution in [0, 0.1) is 0 Å². The minimum absolute atomic E-state index is 0.108. The van der Waals surface area contributed by atoms with Crippen LogP contribution in [0.3, 0.4) is 0 Å². The first kappa shape index (κ1) is 14.0. The summed E-state index contributed by atoms with van der Waals surface area (Å²) in [5, 5.41) is 3.45. The van der Waals surface area contributed by atoms with Gasteiger partial charge in [0.2, 0.25) is 5.75 Å². The highest BCUT2D eigenvalue weighted by Gasteiger charge is 2.25. The standard InChI is InChI=1S/C14H22N2O3/c1-17-11-7-9(8-12(18-2)14(11)19-3)13-10(15)5-4-6-16-13/h7-8,10,13,16H,4-6,15H2,1-3H3. The van der Waals surface area contributed by atoms with Gasteiger partial charge in [0.25, 0.3) is 0 Å². The predicted octanol–water partition coefficient (Wildman–Crippen LogP) is 1.46. The van der Waals surface area contributed by atoms with Crippen molar-refractivity contribution in [3.63, 3.8) is 0 Å². The average molecular weight is 266 g/mol. The molecule has 1 heterocycles. The molecule has 1 aromatic carbocycles. The van der Waals surface area contributed by atoms with Gasteiger partial charge in [-0.1, -0.05) is 0 Å². The molecule has 0 amide bonds. The molecule has 0 saturated carbocycles. The monoisotopic (exact) mass is 266 g/mol. The second-order valence-corrected chi connectivity index (χ2v) is 4.70. The van der Waals surface area contributed by atoms with E-state index in [1.54, 1.807) is 21.3 Å². The lowest BCUT2D eigenvalue weighted by atomic mass is 9.92. The summed E-state index contributed by atoms with van der Waals surface area (Å²) in [5.74, 6) is 1.94. The highest BCUT2D eigenvalue weighted by molar-refractivity contribution is 5.54. The molecule has 0 radical (unpaired) electrons. The number of methoxy groups -OCH3 is 3. The summed E-state index contributed by atoms with van der Waals surface area (Å²) in [4.78, 5) is 0. The molecule has 19 heavy (non-hydrogen) atoms. The van der Waals surface area contributed by atoms with Crippen LogP contribution < -0.4 is 25.3 Å². The largest absolute Gasteiger partial charge is 0.493 e. The third-order valence-electron chi connectivity index (χ3n) is 3.55. The van der Waals surface area contributed by atoms with Gasteiger partial charge in [0, 0.05) is 12.1 Å². The second kappa shape index (κ2) is 6.12. The van der Waals surface area contributed by atoms with Gasteiger partial charge in [-0.05, 0) is 37.1 Å². The molecule has 1 aliphatic heterocycles. The fourth-order valence-electron chi connectivity index (χ4n) is 2.56. The summed E-state index contributed by atoms with van der Waals surface area (Å²) in [5.41, 5.74) is 7.26. The Labute approximate surface area is 114 Å². The molecular formula is C14H22N2O3. The van der Waals surface area contributed by atoms with Gasteiger partial charge >= 0.3 is 0 Å². The zero-order valence-electron chi connectivity index (χ0n) is 11.7. The van der Waals surface area contributed by atoms with E-state index in [9.17, 15) is 0 Å². The summed E-state index contributed by atoms with van der Waals surface area (Å²) in [6.45, 7) is 0.981. The van der Waals surface area contributed by atoms with Crippen LogP contribution in [0.15, 0.2) is 12.1 Å². The molecule has 1 saturated heterocycles. The highest BCUT2D eigenvalue weighted by Crippen LogP contribution is 2.40. The van der Waals surface area contributed by atoms with E-state index in [4.69, 9.17) is 19.9 Å². The van der Waals surface area contributed by atoms with Crippen LogP contribution in [0.4, 0.5) is 0 Å². The van der Waals surface area contributed by atoms with E-state index in [0.29, 0.717) is 17.2 Å². The summed E-state index contributed by atoms with van der Waals surface area (Å²) in [7, 11) is 4.84. The molecule has 0 bridgehead atoms. The molecule has 1 aromatic rings. The number of hydrogen-bond acceptors (Lipinski definition) is 5. The Hall–Kier alpha value is -1.46. The van der Waals surface area contributed by atoms with Crippen LogP contribution in [0.2, 0.25) is 0 Å². The van der Waals surface area contributed by atoms with Crippen molar-refractivity contribution < 1.29 is 14.2 Å². The van der Waals surface area contributed by atoms with E-state index in [2.05, 4.69) is 5.32 Å². The maximum absolute atomic E-state index is 6.19. The zero-order chi connectivity index (χ0) is 13.8. The van der Waals surface area contributed by atoms with Gasteiger partial charge in [-0.2, -0.15) is 0 Å². The third-order valence-corrected chi connectivity index (χ3v) is 3.55. The molecule has 5 heteroatoms. The van der Waals surface area contributed by atoms with Crippen molar-refractivity contribution in [2.45, 2.75) is 24.9 Å². The van der Waals surface area contributed by atoms with E-state index in [-0.39, 0.29) is 12.1 Å². The van der Waals surface area contributed by atoms with E-state index < -0.39 is 0 Å². The zero-order valence-corrected chi connectivity index (χ0v) is 11.7. The first-order valence-corrected chi connectivity index (χ1v) is 6.50. The summed E-state index contributed by atoms with van der Waals surface area (Å²) in [6, 6.07) is 4.16. The minimum Gasteiger partial charge on any atom is -0.493 e. The Morgan fingerprint density at radius 2 is 1.74 bits per heavy atom. The topological polar surface area (TPSA) is 65.7 Å². The van der Waals surface area contributed by atoms with Crippen molar-refractivity contribution >= 4 is 0 Å². The molecule has 0 spiro atoms. The number of piperidine rings is 1. The van der Waals surface area contributed by atoms with E-state index in [1.165, 1.54) is 0 Å². The van der Waals surface area contributed by atoms with Crippen molar-refractivity contribution in [2.75, 3.05) is 27.9 Å². The van der Waals surface area contributed by atoms with E-state index in [0.717, 1.165) is 24.9 Å². The molecule has 2 atom stereocenters. The minimum atomic E-state index is 0.108. The van der Waals surface area contributed by atoms with Crippen molar-refractivity contribution in [3.8, 4) is 17.2 Å². The van der Waals surface area contributed by atoms with E-state index in [1.807, 2.05) is 12.1 Å². The molecule has 1 fully saturated rings. The van der Waals surface area contributed by atoms with Crippen molar-refractivity contribution in [3.05, 3.63) is 17.7 Å². The predicted molar refractivity (Wildman–Crippen MR) is 74.1 cm³/mol. The molecular weight excluding hydrogens is 244 g/mol. The lowest BCUT2D eigenvalue weighted by Gasteiger charge is -2.31. The van der Waals surface area contributed by atoms with Crippen molar-refractivity contribution in [1.82, 2.24) is 5.32 Å². The molecule has 106 valence electrons. The first-order chi connectivity index (χ1) is 9.21. The number of hydrogen-bond donors (Lipinski definition) is 2. The molecule has 2 unspecified atom stereocenters. The fraction of sp³-hybridized carbons (Fsp3) is 0.571. The number of nitrogens with two attached hydrogens (primary N) is 1. The van der Waals surface area contributed by atoms with Crippen molar-refractivity contribution in [2.24, 2.45) is 5.73 Å². The van der Waals surface area contributed by atoms with Crippen LogP contribution in [-0.2, 0) is 0 Å². The lowest BCUT2D eigenvalue weighted by Crippen LogP contribution is -2.42. The van der Waals surface area contributed by atoms with Gasteiger partial charge < -0.3 is 25.3 Å². The third kappa shape index (κ3) is 2.77. The second-order valence-electron chi connectivity index (χ2n) is 4.70. The van der Waals surface area contributed by atoms with Gasteiger partial charge in [0.15, 0.2) is 11.5 Å². The lowest BCUT2D eigenvalue weighted by molar-refractivity contribution is 0.318. The Kier molecular flexibility index (Phi) is 4.50. The molecule has 1 aliphatic rings. The van der Waals surface area contributed by atoms with Crippen molar-refractivity contribution in [1.29, 1.82) is 0 Å². The molecule has 5 nitrogen and oxygen atoms in total. The summed E-state index contributed by atoms with van der Waals surface area (Å²) >= 11 is 0. The molecule has 0 aromatic heterocycles. The Balaban J connectivity index is 2.40. The SMILES string of the molecule is COc1cc(C2NCCCC2N)cc(OC)c1OC. The summed E-state index contributed by atoms with van der Waals surface area (Å²) < 4.78 is 16.1. The molecule has 3 N–H and O–H groups in total. The fourth-order valence-corrected chi connectivity index (χ4v) is 2.56. The normalized spacial score (nSPS) is 22.9. The van der Waals surface area contributed by atoms with Crippen LogP contribution in [0.5, 0.6) is 17.2 Å². The maximum Gasteiger partial charge on any atom is 0.203 e. The molecule has 0 aliphatic carbocycles. The Morgan fingerprint density at radius 3 is 2.21 bits per heavy atom. The van der Waals surface area contributed by atoms with Gasteiger partial charge in [0.1, 0.15) is 0 Å².